The molecule has 4 heteroatoms. The van der Waals surface area contributed by atoms with Gasteiger partial charge in [-0.15, -0.1) is 0 Å². The first-order valence-electron chi connectivity index (χ1n) is 9.18. The van der Waals surface area contributed by atoms with E-state index in [2.05, 4.69) is 26.1 Å². The molecule has 2 rings (SSSR count). The van der Waals surface area contributed by atoms with Crippen LogP contribution in [-0.2, 0) is 16.0 Å². The molecule has 26 heavy (non-hydrogen) atoms. The van der Waals surface area contributed by atoms with Crippen molar-refractivity contribution in [2.75, 3.05) is 16.8 Å². The number of amides is 2. The maximum atomic E-state index is 12.3. The number of benzene rings is 2. The smallest absolute Gasteiger partial charge is 0.226 e. The Balaban J connectivity index is 2.00. The van der Waals surface area contributed by atoms with Crippen LogP contribution in [0.15, 0.2) is 48.5 Å². The number of anilines is 2. The normalized spacial score (nSPS) is 10.7. The van der Waals surface area contributed by atoms with Gasteiger partial charge in [0.25, 0.3) is 0 Å². The minimum Gasteiger partial charge on any atom is -0.326 e. The summed E-state index contributed by atoms with van der Waals surface area (Å²) >= 11 is 0. The molecule has 0 atom stereocenters. The topological polar surface area (TPSA) is 49.4 Å². The molecular weight excluding hydrogens is 324 g/mol. The number of rotatable bonds is 7. The van der Waals surface area contributed by atoms with Gasteiger partial charge in [0.15, 0.2) is 0 Å². The highest BCUT2D eigenvalue weighted by atomic mass is 16.2. The van der Waals surface area contributed by atoms with Gasteiger partial charge in [-0.25, -0.2) is 0 Å². The molecular formula is C22H28N2O2. The van der Waals surface area contributed by atoms with Crippen LogP contribution in [0.25, 0.3) is 0 Å². The van der Waals surface area contributed by atoms with Gasteiger partial charge in [-0.05, 0) is 41.7 Å². The average molecular weight is 352 g/mol. The summed E-state index contributed by atoms with van der Waals surface area (Å²) in [5.74, 6) is 0.310. The first-order valence-corrected chi connectivity index (χ1v) is 9.18. The Morgan fingerprint density at radius 2 is 1.69 bits per heavy atom. The minimum atomic E-state index is -0.0949. The Morgan fingerprint density at radius 1 is 1.04 bits per heavy atom. The van der Waals surface area contributed by atoms with Crippen molar-refractivity contribution in [3.63, 3.8) is 0 Å². The summed E-state index contributed by atoms with van der Waals surface area (Å²) in [6.07, 6.45) is 1.10. The van der Waals surface area contributed by atoms with Crippen LogP contribution in [0.4, 0.5) is 11.4 Å². The quantitative estimate of drug-likeness (QED) is 0.781. The number of hydrogen-bond donors (Lipinski definition) is 1. The molecule has 0 fully saturated rings. The fraction of sp³-hybridized carbons (Fsp3) is 0.364. The number of para-hydroxylation sites is 1. The Labute approximate surface area is 156 Å². The standard InChI is InChI=1S/C22H28N2O2/c1-5-18-8-6-7-9-21(18)24(17(4)25)15-14-22(26)23-20-12-10-19(11-13-20)16(2)3/h6-13,16H,5,14-15H2,1-4H3,(H,23,26). The fourth-order valence-corrected chi connectivity index (χ4v) is 2.91. The summed E-state index contributed by atoms with van der Waals surface area (Å²) in [5, 5.41) is 2.91. The molecule has 0 spiro atoms. The van der Waals surface area contributed by atoms with E-state index in [0.29, 0.717) is 12.5 Å². The third kappa shape index (κ3) is 5.19. The summed E-state index contributed by atoms with van der Waals surface area (Å²) in [5.41, 5.74) is 4.01. The lowest BCUT2D eigenvalue weighted by molar-refractivity contribution is -0.117. The molecule has 0 aromatic heterocycles. The second kappa shape index (κ2) is 9.18. The summed E-state index contributed by atoms with van der Waals surface area (Å²) in [6.45, 7) is 8.23. The van der Waals surface area contributed by atoms with Gasteiger partial charge in [0.05, 0.1) is 0 Å². The van der Waals surface area contributed by atoms with Crippen molar-refractivity contribution in [1.29, 1.82) is 0 Å². The predicted octanol–water partition coefficient (Wildman–Crippen LogP) is 4.75. The van der Waals surface area contributed by atoms with Crippen molar-refractivity contribution >= 4 is 23.2 Å². The monoisotopic (exact) mass is 352 g/mol. The Kier molecular flexibility index (Phi) is 6.96. The van der Waals surface area contributed by atoms with Crippen molar-refractivity contribution in [1.82, 2.24) is 0 Å². The maximum Gasteiger partial charge on any atom is 0.226 e. The molecule has 0 saturated heterocycles. The molecule has 0 bridgehead atoms. The van der Waals surface area contributed by atoms with Crippen molar-refractivity contribution in [2.24, 2.45) is 0 Å². The van der Waals surface area contributed by atoms with Crippen molar-refractivity contribution in [3.8, 4) is 0 Å². The van der Waals surface area contributed by atoms with Gasteiger partial charge in [0.1, 0.15) is 0 Å². The van der Waals surface area contributed by atoms with Gasteiger partial charge in [0.2, 0.25) is 11.8 Å². The van der Waals surface area contributed by atoms with Crippen LogP contribution in [0.1, 0.15) is 51.2 Å². The van der Waals surface area contributed by atoms with Gasteiger partial charge in [-0.1, -0.05) is 51.1 Å². The number of nitrogens with one attached hydrogen (secondary N) is 1. The van der Waals surface area contributed by atoms with Crippen LogP contribution >= 0.6 is 0 Å². The van der Waals surface area contributed by atoms with E-state index in [-0.39, 0.29) is 18.2 Å². The van der Waals surface area contributed by atoms with E-state index in [1.165, 1.54) is 12.5 Å². The van der Waals surface area contributed by atoms with E-state index in [1.54, 1.807) is 4.90 Å². The van der Waals surface area contributed by atoms with Crippen molar-refractivity contribution in [2.45, 2.75) is 46.5 Å². The molecule has 0 unspecified atom stereocenters. The SMILES string of the molecule is CCc1ccccc1N(CCC(=O)Nc1ccc(C(C)C)cc1)C(C)=O. The third-order valence-electron chi connectivity index (χ3n) is 4.47. The van der Waals surface area contributed by atoms with Crippen LogP contribution in [-0.4, -0.2) is 18.4 Å². The van der Waals surface area contributed by atoms with Gasteiger partial charge in [-0.2, -0.15) is 0 Å². The summed E-state index contributed by atoms with van der Waals surface area (Å²) in [6, 6.07) is 15.7. The number of aryl methyl sites for hydroxylation is 1. The molecule has 0 aliphatic rings. The highest BCUT2D eigenvalue weighted by Gasteiger charge is 2.16. The van der Waals surface area contributed by atoms with E-state index in [9.17, 15) is 9.59 Å². The average Bonchev–Trinajstić information content (AvgIpc) is 2.62. The van der Waals surface area contributed by atoms with Gasteiger partial charge >= 0.3 is 0 Å². The van der Waals surface area contributed by atoms with Gasteiger partial charge in [0, 0.05) is 31.3 Å². The lowest BCUT2D eigenvalue weighted by atomic mass is 10.0. The van der Waals surface area contributed by atoms with Gasteiger partial charge in [-0.3, -0.25) is 9.59 Å². The van der Waals surface area contributed by atoms with E-state index < -0.39 is 0 Å². The molecule has 138 valence electrons. The number of carbonyl (C=O) groups excluding carboxylic acids is 2. The molecule has 2 aromatic carbocycles. The molecule has 4 nitrogen and oxygen atoms in total. The number of hydrogen-bond acceptors (Lipinski definition) is 2. The second-order valence-electron chi connectivity index (χ2n) is 6.73. The summed E-state index contributed by atoms with van der Waals surface area (Å²) in [4.78, 5) is 26.1. The zero-order valence-electron chi connectivity index (χ0n) is 16.1. The Hall–Kier alpha value is -2.62. The summed E-state index contributed by atoms with van der Waals surface area (Å²) in [7, 11) is 0. The fourth-order valence-electron chi connectivity index (χ4n) is 2.91. The van der Waals surface area contributed by atoms with Crippen LogP contribution in [0.3, 0.4) is 0 Å². The molecule has 0 saturated carbocycles. The molecule has 0 heterocycles. The van der Waals surface area contributed by atoms with Crippen LogP contribution in [0, 0.1) is 0 Å². The zero-order chi connectivity index (χ0) is 19.1. The van der Waals surface area contributed by atoms with E-state index in [1.807, 2.05) is 48.5 Å². The first-order chi connectivity index (χ1) is 12.4. The Morgan fingerprint density at radius 3 is 2.27 bits per heavy atom. The highest BCUT2D eigenvalue weighted by molar-refractivity contribution is 5.95. The van der Waals surface area contributed by atoms with E-state index >= 15 is 0 Å². The zero-order valence-corrected chi connectivity index (χ0v) is 16.1. The largest absolute Gasteiger partial charge is 0.326 e. The van der Waals surface area contributed by atoms with Crippen LogP contribution in [0.5, 0.6) is 0 Å². The van der Waals surface area contributed by atoms with Crippen molar-refractivity contribution in [3.05, 3.63) is 59.7 Å². The molecule has 0 aliphatic carbocycles. The van der Waals surface area contributed by atoms with E-state index in [0.717, 1.165) is 23.4 Å². The first kappa shape index (κ1) is 19.7. The highest BCUT2D eigenvalue weighted by Crippen LogP contribution is 2.22. The van der Waals surface area contributed by atoms with Gasteiger partial charge < -0.3 is 10.2 Å². The van der Waals surface area contributed by atoms with Crippen LogP contribution in [0.2, 0.25) is 0 Å². The second-order valence-corrected chi connectivity index (χ2v) is 6.73. The maximum absolute atomic E-state index is 12.3. The molecule has 1 N–H and O–H groups in total. The third-order valence-corrected chi connectivity index (χ3v) is 4.47. The predicted molar refractivity (Wildman–Crippen MR) is 108 cm³/mol. The molecule has 2 aromatic rings. The molecule has 2 amide bonds. The number of nitrogens with zero attached hydrogens (tertiary/aromatic N) is 1. The van der Waals surface area contributed by atoms with E-state index in [4.69, 9.17) is 0 Å². The lowest BCUT2D eigenvalue weighted by Gasteiger charge is -2.23. The lowest BCUT2D eigenvalue weighted by Crippen LogP contribution is -2.32. The molecule has 0 aliphatic heterocycles. The van der Waals surface area contributed by atoms with Crippen molar-refractivity contribution < 1.29 is 9.59 Å². The number of carbonyl (C=O) groups is 2. The minimum absolute atomic E-state index is 0.0556. The summed E-state index contributed by atoms with van der Waals surface area (Å²) < 4.78 is 0. The Bertz CT molecular complexity index is 751. The molecule has 0 radical (unpaired) electrons. The van der Waals surface area contributed by atoms with Crippen LogP contribution < -0.4 is 10.2 Å².